The Morgan fingerprint density at radius 1 is 1.10 bits per heavy atom. The van der Waals surface area contributed by atoms with Crippen LogP contribution >= 0.6 is 0 Å². The fourth-order valence-electron chi connectivity index (χ4n) is 6.54. The molecule has 2 aromatic carbocycles. The molecule has 0 aliphatic carbocycles. The largest absolute Gasteiger partial charge is 0.507 e. The number of benzene rings is 2. The summed E-state index contributed by atoms with van der Waals surface area (Å²) in [5.41, 5.74) is 4.76. The third-order valence-electron chi connectivity index (χ3n) is 9.01. The van der Waals surface area contributed by atoms with Crippen LogP contribution in [-0.2, 0) is 10.8 Å². The zero-order chi connectivity index (χ0) is 28.8. The minimum absolute atomic E-state index is 0.0541. The standard InChI is InChI=1S/C35H45N3O2/c1-9-22-21-38-15-13-23(22)17-31(38)32(27-12-14-36-30-11-10-26(40-8)19-28(27)30)37-20-24-16-25(34(2,3)4)18-29(33(24)39)35(5,6)7/h9-12,14,16,18-20,22-23,31-32,39H,1,13,15,17,21H2,2-8H3/b37-20+/t22?,23?,31?,32-/m1/s1. The minimum atomic E-state index is -0.195. The van der Waals surface area contributed by atoms with E-state index in [9.17, 15) is 5.11 Å². The second kappa shape index (κ2) is 10.7. The highest BCUT2D eigenvalue weighted by Gasteiger charge is 2.42. The number of pyridine rings is 1. The van der Waals surface area contributed by atoms with Crippen molar-refractivity contribution in [2.45, 2.75) is 77.3 Å². The molecule has 6 rings (SSSR count). The Kier molecular flexibility index (Phi) is 7.56. The Labute approximate surface area is 240 Å². The van der Waals surface area contributed by atoms with Gasteiger partial charge in [-0.2, -0.15) is 0 Å². The quantitative estimate of drug-likeness (QED) is 0.259. The molecular weight excluding hydrogens is 494 g/mol. The van der Waals surface area contributed by atoms with Gasteiger partial charge < -0.3 is 9.84 Å². The van der Waals surface area contributed by atoms with E-state index in [2.05, 4.69) is 88.3 Å². The summed E-state index contributed by atoms with van der Waals surface area (Å²) in [5, 5.41) is 12.5. The maximum Gasteiger partial charge on any atom is 0.128 e. The number of hydrogen-bond acceptors (Lipinski definition) is 5. The fraction of sp³-hybridized carbons (Fsp3) is 0.486. The fourth-order valence-corrected chi connectivity index (χ4v) is 6.54. The van der Waals surface area contributed by atoms with Crippen LogP contribution in [0.1, 0.15) is 82.7 Å². The Morgan fingerprint density at radius 3 is 2.50 bits per heavy atom. The van der Waals surface area contributed by atoms with Gasteiger partial charge in [0.15, 0.2) is 0 Å². The van der Waals surface area contributed by atoms with Gasteiger partial charge in [-0.15, -0.1) is 6.58 Å². The lowest BCUT2D eigenvalue weighted by Gasteiger charge is -2.51. The number of methoxy groups -OCH3 is 1. The highest BCUT2D eigenvalue weighted by Crippen LogP contribution is 2.44. The lowest BCUT2D eigenvalue weighted by molar-refractivity contribution is 0.00796. The Hall–Kier alpha value is -3.18. The number of aliphatic imine (C=N–C) groups is 1. The minimum Gasteiger partial charge on any atom is -0.507 e. The lowest BCUT2D eigenvalue weighted by Crippen LogP contribution is -2.54. The number of hydrogen-bond donors (Lipinski definition) is 1. The van der Waals surface area contributed by atoms with Crippen molar-refractivity contribution in [3.05, 3.63) is 77.5 Å². The molecule has 3 fully saturated rings. The van der Waals surface area contributed by atoms with Crippen LogP contribution in [0.2, 0.25) is 0 Å². The van der Waals surface area contributed by atoms with Crippen molar-refractivity contribution in [2.24, 2.45) is 16.8 Å². The summed E-state index contributed by atoms with van der Waals surface area (Å²) < 4.78 is 5.59. The van der Waals surface area contributed by atoms with Crippen LogP contribution in [0.15, 0.2) is 60.2 Å². The van der Waals surface area contributed by atoms with E-state index in [4.69, 9.17) is 9.73 Å². The number of aromatic nitrogens is 1. The van der Waals surface area contributed by atoms with Crippen LogP contribution in [0, 0.1) is 11.8 Å². The van der Waals surface area contributed by atoms with Gasteiger partial charge in [0.25, 0.3) is 0 Å². The predicted octanol–water partition coefficient (Wildman–Crippen LogP) is 7.60. The molecule has 1 aromatic heterocycles. The van der Waals surface area contributed by atoms with Crippen LogP contribution in [0.5, 0.6) is 11.5 Å². The maximum atomic E-state index is 11.5. The van der Waals surface area contributed by atoms with Crippen LogP contribution < -0.4 is 4.74 Å². The number of phenols is 1. The summed E-state index contributed by atoms with van der Waals surface area (Å²) >= 11 is 0. The first-order valence-corrected chi connectivity index (χ1v) is 14.6. The molecule has 5 heteroatoms. The number of fused-ring (bicyclic) bond motifs is 4. The predicted molar refractivity (Wildman–Crippen MR) is 166 cm³/mol. The van der Waals surface area contributed by atoms with Crippen LogP contribution in [-0.4, -0.2) is 47.4 Å². The molecule has 40 heavy (non-hydrogen) atoms. The van der Waals surface area contributed by atoms with Gasteiger partial charge in [0.1, 0.15) is 11.5 Å². The average molecular weight is 540 g/mol. The van der Waals surface area contributed by atoms with Gasteiger partial charge in [0.2, 0.25) is 0 Å². The zero-order valence-electron chi connectivity index (χ0n) is 25.2. The van der Waals surface area contributed by atoms with E-state index in [1.807, 2.05) is 24.5 Å². The molecule has 5 nitrogen and oxygen atoms in total. The van der Waals surface area contributed by atoms with Gasteiger partial charge in [-0.1, -0.05) is 53.7 Å². The molecule has 4 heterocycles. The molecule has 3 aromatic rings. The van der Waals surface area contributed by atoms with Gasteiger partial charge in [-0.3, -0.25) is 14.9 Å². The molecule has 1 N–H and O–H groups in total. The summed E-state index contributed by atoms with van der Waals surface area (Å²) in [5.74, 6) is 2.29. The first kappa shape index (κ1) is 28.4. The lowest BCUT2D eigenvalue weighted by atomic mass is 9.73. The molecule has 3 aliphatic heterocycles. The summed E-state index contributed by atoms with van der Waals surface area (Å²) in [4.78, 5) is 12.6. The van der Waals surface area contributed by atoms with Gasteiger partial charge in [-0.05, 0) is 83.5 Å². The maximum absolute atomic E-state index is 11.5. The smallest absolute Gasteiger partial charge is 0.128 e. The van der Waals surface area contributed by atoms with Crippen molar-refractivity contribution in [1.29, 1.82) is 0 Å². The molecule has 3 aliphatic rings. The summed E-state index contributed by atoms with van der Waals surface area (Å²) in [6.45, 7) is 19.3. The van der Waals surface area contributed by atoms with Crippen molar-refractivity contribution in [1.82, 2.24) is 9.88 Å². The number of phenolic OH excluding ortho intramolecular Hbond substituents is 1. The van der Waals surface area contributed by atoms with Crippen molar-refractivity contribution in [3.63, 3.8) is 0 Å². The zero-order valence-corrected chi connectivity index (χ0v) is 25.2. The van der Waals surface area contributed by atoms with Gasteiger partial charge in [0.05, 0.1) is 18.7 Å². The number of rotatable bonds is 6. The monoisotopic (exact) mass is 539 g/mol. The first-order chi connectivity index (χ1) is 18.9. The Morgan fingerprint density at radius 2 is 1.88 bits per heavy atom. The highest BCUT2D eigenvalue weighted by molar-refractivity contribution is 5.87. The van der Waals surface area contributed by atoms with Crippen molar-refractivity contribution < 1.29 is 9.84 Å². The van der Waals surface area contributed by atoms with E-state index >= 15 is 0 Å². The first-order valence-electron chi connectivity index (χ1n) is 14.6. The number of nitrogens with zero attached hydrogens (tertiary/aromatic N) is 3. The normalized spacial score (nSPS) is 24.0. The molecule has 212 valence electrons. The summed E-state index contributed by atoms with van der Waals surface area (Å²) in [6, 6.07) is 12.6. The molecule has 0 amide bonds. The van der Waals surface area contributed by atoms with Gasteiger partial charge in [-0.25, -0.2) is 0 Å². The van der Waals surface area contributed by atoms with Gasteiger partial charge >= 0.3 is 0 Å². The molecule has 0 spiro atoms. The SMILES string of the molecule is C=CC1CN2CCC1CC2[C@H](/N=C/c1cc(C(C)(C)C)cc(C(C)(C)C)c1O)c1ccnc2ccc(OC)cc12. The summed E-state index contributed by atoms with van der Waals surface area (Å²) in [7, 11) is 1.70. The van der Waals surface area contributed by atoms with E-state index in [1.165, 1.54) is 12.0 Å². The molecule has 5 atom stereocenters. The van der Waals surface area contributed by atoms with Crippen LogP contribution in [0.25, 0.3) is 10.9 Å². The molecule has 3 saturated heterocycles. The number of ether oxygens (including phenoxy) is 1. The van der Waals surface area contributed by atoms with Crippen LogP contribution in [0.3, 0.4) is 0 Å². The molecule has 0 radical (unpaired) electrons. The molecule has 2 bridgehead atoms. The molecule has 4 unspecified atom stereocenters. The average Bonchev–Trinajstić information content (AvgIpc) is 2.92. The number of piperidine rings is 3. The number of aromatic hydroxyl groups is 1. The van der Waals surface area contributed by atoms with E-state index in [0.717, 1.165) is 52.9 Å². The van der Waals surface area contributed by atoms with Crippen molar-refractivity contribution in [3.8, 4) is 11.5 Å². The van der Waals surface area contributed by atoms with Crippen LogP contribution in [0.4, 0.5) is 0 Å². The molecular formula is C35H45N3O2. The van der Waals surface area contributed by atoms with E-state index in [-0.39, 0.29) is 22.9 Å². The van der Waals surface area contributed by atoms with Crippen molar-refractivity contribution in [2.75, 3.05) is 20.2 Å². The van der Waals surface area contributed by atoms with Gasteiger partial charge in [0, 0.05) is 41.5 Å². The van der Waals surface area contributed by atoms with E-state index < -0.39 is 0 Å². The third kappa shape index (κ3) is 5.41. The Balaban J connectivity index is 1.66. The van der Waals surface area contributed by atoms with E-state index in [0.29, 0.717) is 17.6 Å². The second-order valence-corrected chi connectivity index (χ2v) is 13.7. The third-order valence-corrected chi connectivity index (χ3v) is 9.01. The Bertz CT molecular complexity index is 1430. The highest BCUT2D eigenvalue weighted by atomic mass is 16.5. The van der Waals surface area contributed by atoms with E-state index in [1.54, 1.807) is 7.11 Å². The summed E-state index contributed by atoms with van der Waals surface area (Å²) in [6.07, 6.45) is 8.24. The molecule has 0 saturated carbocycles. The topological polar surface area (TPSA) is 58.0 Å². The second-order valence-electron chi connectivity index (χ2n) is 13.7. The van der Waals surface area contributed by atoms with Crippen molar-refractivity contribution >= 4 is 17.1 Å².